The Kier molecular flexibility index (Phi) is 5.60. The molecule has 114 valence electrons. The predicted molar refractivity (Wildman–Crippen MR) is 78.3 cm³/mol. The predicted octanol–water partition coefficient (Wildman–Crippen LogP) is 4.14. The van der Waals surface area contributed by atoms with E-state index >= 15 is 0 Å². The number of rotatable bonds is 6. The average molecular weight is 381 g/mol. The molecule has 0 amide bonds. The van der Waals surface area contributed by atoms with Crippen molar-refractivity contribution < 1.29 is 17.9 Å². The van der Waals surface area contributed by atoms with Crippen molar-refractivity contribution in [3.63, 3.8) is 0 Å². The SMILES string of the molecule is FC(F)(F)Oc1ccc(CNCCc2nccs2)cc1Br. The molecule has 0 aliphatic carbocycles. The molecule has 2 aromatic rings. The van der Waals surface area contributed by atoms with Crippen LogP contribution in [0.5, 0.6) is 5.75 Å². The second-order valence-electron chi connectivity index (χ2n) is 4.17. The van der Waals surface area contributed by atoms with Gasteiger partial charge in [-0.15, -0.1) is 24.5 Å². The molecule has 0 radical (unpaired) electrons. The summed E-state index contributed by atoms with van der Waals surface area (Å²) >= 11 is 4.68. The van der Waals surface area contributed by atoms with Gasteiger partial charge in [-0.1, -0.05) is 6.07 Å². The van der Waals surface area contributed by atoms with E-state index in [4.69, 9.17) is 0 Å². The lowest BCUT2D eigenvalue weighted by molar-refractivity contribution is -0.274. The lowest BCUT2D eigenvalue weighted by atomic mass is 10.2. The van der Waals surface area contributed by atoms with Crippen LogP contribution >= 0.6 is 27.3 Å². The Hall–Kier alpha value is -1.12. The van der Waals surface area contributed by atoms with Gasteiger partial charge in [0.1, 0.15) is 5.75 Å². The van der Waals surface area contributed by atoms with Gasteiger partial charge in [0.2, 0.25) is 0 Å². The Morgan fingerprint density at radius 3 is 2.76 bits per heavy atom. The van der Waals surface area contributed by atoms with Gasteiger partial charge >= 0.3 is 6.36 Å². The summed E-state index contributed by atoms with van der Waals surface area (Å²) in [6, 6.07) is 4.51. The number of benzene rings is 1. The zero-order chi connectivity index (χ0) is 15.3. The first-order chi connectivity index (χ1) is 9.94. The molecule has 0 spiro atoms. The molecule has 0 atom stereocenters. The number of hydrogen-bond donors (Lipinski definition) is 1. The molecular formula is C13H12BrF3N2OS. The maximum absolute atomic E-state index is 12.1. The molecule has 0 saturated heterocycles. The van der Waals surface area contributed by atoms with Crippen molar-refractivity contribution in [2.45, 2.75) is 19.3 Å². The van der Waals surface area contributed by atoms with Crippen LogP contribution in [0.25, 0.3) is 0 Å². The molecule has 1 heterocycles. The second-order valence-corrected chi connectivity index (χ2v) is 6.00. The van der Waals surface area contributed by atoms with Crippen molar-refractivity contribution in [3.05, 3.63) is 44.8 Å². The quantitative estimate of drug-likeness (QED) is 0.764. The molecule has 0 bridgehead atoms. The zero-order valence-electron chi connectivity index (χ0n) is 10.8. The van der Waals surface area contributed by atoms with E-state index in [1.807, 2.05) is 5.38 Å². The fourth-order valence-electron chi connectivity index (χ4n) is 1.67. The minimum atomic E-state index is -4.68. The fourth-order valence-corrected chi connectivity index (χ4v) is 2.79. The molecule has 0 aliphatic heterocycles. The summed E-state index contributed by atoms with van der Waals surface area (Å²) < 4.78 is 40.6. The van der Waals surface area contributed by atoms with Crippen LogP contribution in [0.4, 0.5) is 13.2 Å². The van der Waals surface area contributed by atoms with Gasteiger partial charge in [0, 0.05) is 31.1 Å². The third-order valence-corrected chi connectivity index (χ3v) is 4.01. The van der Waals surface area contributed by atoms with Crippen molar-refractivity contribution >= 4 is 27.3 Å². The summed E-state index contributed by atoms with van der Waals surface area (Å²) in [5, 5.41) is 6.19. The third-order valence-electron chi connectivity index (χ3n) is 2.55. The van der Waals surface area contributed by atoms with Gasteiger partial charge in [-0.05, 0) is 33.6 Å². The average Bonchev–Trinajstić information content (AvgIpc) is 2.89. The Morgan fingerprint density at radius 1 is 1.33 bits per heavy atom. The topological polar surface area (TPSA) is 34.1 Å². The zero-order valence-corrected chi connectivity index (χ0v) is 13.2. The van der Waals surface area contributed by atoms with E-state index < -0.39 is 6.36 Å². The van der Waals surface area contributed by atoms with Crippen LogP contribution in [-0.2, 0) is 13.0 Å². The van der Waals surface area contributed by atoms with Crippen molar-refractivity contribution in [1.29, 1.82) is 0 Å². The molecule has 21 heavy (non-hydrogen) atoms. The van der Waals surface area contributed by atoms with Gasteiger partial charge in [-0.2, -0.15) is 0 Å². The van der Waals surface area contributed by atoms with E-state index in [0.29, 0.717) is 6.54 Å². The summed E-state index contributed by atoms with van der Waals surface area (Å²) in [6.45, 7) is 1.32. The highest BCUT2D eigenvalue weighted by molar-refractivity contribution is 9.10. The normalized spacial score (nSPS) is 11.6. The molecule has 0 fully saturated rings. The van der Waals surface area contributed by atoms with Gasteiger partial charge in [0.05, 0.1) is 9.48 Å². The number of halogens is 4. The summed E-state index contributed by atoms with van der Waals surface area (Å²) in [4.78, 5) is 4.17. The van der Waals surface area contributed by atoms with Crippen molar-refractivity contribution in [3.8, 4) is 5.75 Å². The first kappa shape index (κ1) is 16.3. The van der Waals surface area contributed by atoms with Crippen LogP contribution < -0.4 is 10.1 Å². The lowest BCUT2D eigenvalue weighted by Gasteiger charge is -2.11. The van der Waals surface area contributed by atoms with E-state index in [0.717, 1.165) is 23.5 Å². The second kappa shape index (κ2) is 7.24. The standard InChI is InChI=1S/C13H12BrF3N2OS/c14-10-7-9(1-2-11(10)20-13(15,16)17)8-18-4-3-12-19-5-6-21-12/h1-2,5-7,18H,3-4,8H2. The Morgan fingerprint density at radius 2 is 2.14 bits per heavy atom. The number of ether oxygens (including phenoxy) is 1. The van der Waals surface area contributed by atoms with Crippen LogP contribution in [-0.4, -0.2) is 17.9 Å². The molecule has 2 rings (SSSR count). The molecule has 0 aliphatic rings. The molecule has 0 unspecified atom stereocenters. The van der Waals surface area contributed by atoms with Crippen LogP contribution in [0, 0.1) is 0 Å². The monoisotopic (exact) mass is 380 g/mol. The number of aromatic nitrogens is 1. The van der Waals surface area contributed by atoms with Gasteiger partial charge in [0.25, 0.3) is 0 Å². The van der Waals surface area contributed by atoms with Crippen LogP contribution in [0.1, 0.15) is 10.6 Å². The minimum Gasteiger partial charge on any atom is -0.405 e. The molecule has 0 saturated carbocycles. The van der Waals surface area contributed by atoms with Gasteiger partial charge < -0.3 is 10.1 Å². The van der Waals surface area contributed by atoms with Crippen molar-refractivity contribution in [2.75, 3.05) is 6.54 Å². The highest BCUT2D eigenvalue weighted by Gasteiger charge is 2.31. The minimum absolute atomic E-state index is 0.242. The van der Waals surface area contributed by atoms with Crippen LogP contribution in [0.15, 0.2) is 34.2 Å². The highest BCUT2D eigenvalue weighted by Crippen LogP contribution is 2.30. The van der Waals surface area contributed by atoms with Crippen molar-refractivity contribution in [2.24, 2.45) is 0 Å². The molecule has 3 nitrogen and oxygen atoms in total. The maximum atomic E-state index is 12.1. The third kappa shape index (κ3) is 5.64. The summed E-state index contributed by atoms with van der Waals surface area (Å²) in [5.41, 5.74) is 0.871. The first-order valence-electron chi connectivity index (χ1n) is 6.07. The lowest BCUT2D eigenvalue weighted by Crippen LogP contribution is -2.18. The van der Waals surface area contributed by atoms with Gasteiger partial charge in [-0.3, -0.25) is 0 Å². The number of nitrogens with zero attached hydrogens (tertiary/aromatic N) is 1. The smallest absolute Gasteiger partial charge is 0.405 e. The van der Waals surface area contributed by atoms with Crippen molar-refractivity contribution in [1.82, 2.24) is 10.3 Å². The molecule has 8 heteroatoms. The Balaban J connectivity index is 1.82. The van der Waals surface area contributed by atoms with E-state index in [9.17, 15) is 13.2 Å². The fraction of sp³-hybridized carbons (Fsp3) is 0.308. The summed E-state index contributed by atoms with van der Waals surface area (Å²) in [7, 11) is 0. The van der Waals surface area contributed by atoms with E-state index in [1.54, 1.807) is 29.7 Å². The Bertz CT molecular complexity index is 575. The molecular weight excluding hydrogens is 369 g/mol. The summed E-state index contributed by atoms with van der Waals surface area (Å²) in [5.74, 6) is -0.242. The maximum Gasteiger partial charge on any atom is 0.573 e. The van der Waals surface area contributed by atoms with Gasteiger partial charge in [0.15, 0.2) is 0 Å². The van der Waals surface area contributed by atoms with E-state index in [1.165, 1.54) is 6.07 Å². The first-order valence-corrected chi connectivity index (χ1v) is 7.74. The molecule has 1 aromatic heterocycles. The molecule has 1 N–H and O–H groups in total. The largest absolute Gasteiger partial charge is 0.573 e. The number of thiazole rings is 1. The van der Waals surface area contributed by atoms with Crippen LogP contribution in [0.2, 0.25) is 0 Å². The van der Waals surface area contributed by atoms with Gasteiger partial charge in [-0.25, -0.2) is 4.98 Å². The highest BCUT2D eigenvalue weighted by atomic mass is 79.9. The number of alkyl halides is 3. The number of hydrogen-bond acceptors (Lipinski definition) is 4. The summed E-state index contributed by atoms with van der Waals surface area (Å²) in [6.07, 6.45) is -2.10. The van der Waals surface area contributed by atoms with Crippen LogP contribution in [0.3, 0.4) is 0 Å². The Labute approximate surface area is 132 Å². The van der Waals surface area contributed by atoms with E-state index in [-0.39, 0.29) is 10.2 Å². The van der Waals surface area contributed by atoms with E-state index in [2.05, 4.69) is 31.0 Å². The number of nitrogens with one attached hydrogen (secondary N) is 1. The molecule has 1 aromatic carbocycles.